The average molecular weight is 204 g/mol. The summed E-state index contributed by atoms with van der Waals surface area (Å²) in [6, 6.07) is 0. The maximum absolute atomic E-state index is 10.2. The summed E-state index contributed by atoms with van der Waals surface area (Å²) < 4.78 is 10.2. The summed E-state index contributed by atoms with van der Waals surface area (Å²) in [6.45, 7) is 11.6. The minimum absolute atomic E-state index is 0.250. The Bertz CT molecular complexity index is 137. The maximum atomic E-state index is 10.2. The fourth-order valence-electron chi connectivity index (χ4n) is 0.316. The van der Waals surface area contributed by atoms with Gasteiger partial charge in [-0.3, -0.25) is 0 Å². The third-order valence-electron chi connectivity index (χ3n) is 0.951. The van der Waals surface area contributed by atoms with E-state index in [1.165, 1.54) is 11.8 Å². The van der Waals surface area contributed by atoms with Crippen LogP contribution < -0.4 is 0 Å². The molecule has 0 radical (unpaired) electrons. The van der Waals surface area contributed by atoms with Crippen LogP contribution >= 0.6 is 12.1 Å². The highest BCUT2D eigenvalue weighted by atomic mass is 32.2. The van der Waals surface area contributed by atoms with E-state index in [9.17, 15) is 3.89 Å². The van der Waals surface area contributed by atoms with Gasteiger partial charge in [0.2, 0.25) is 0 Å². The van der Waals surface area contributed by atoms with Crippen molar-refractivity contribution >= 4 is 12.1 Å². The van der Waals surface area contributed by atoms with Gasteiger partial charge in [0.05, 0.1) is 0 Å². The van der Waals surface area contributed by atoms with Crippen LogP contribution in [0.25, 0.3) is 0 Å². The van der Waals surface area contributed by atoms with Crippen LogP contribution in [0.2, 0.25) is 0 Å². The molecule has 0 unspecified atom stereocenters. The van der Waals surface area contributed by atoms with Gasteiger partial charge in [-0.1, -0.05) is 50.3 Å². The van der Waals surface area contributed by atoms with Gasteiger partial charge in [0, 0.05) is 18.4 Å². The standard InChI is InChI=1S/C8H12.C2H6.CH3FS/c1-4-6-7-8(3)5-2;1-2;1-3-2/h4-7H,1H2,2-3H3;1-2H3;1H3/b7-6-,8-5-;;. The van der Waals surface area contributed by atoms with Crippen LogP contribution in [-0.4, -0.2) is 6.26 Å². The molecule has 0 aromatic carbocycles. The Kier molecular flexibility index (Phi) is 31.8. The summed E-state index contributed by atoms with van der Waals surface area (Å²) in [5.74, 6) is 0. The van der Waals surface area contributed by atoms with Gasteiger partial charge in [0.15, 0.2) is 0 Å². The third kappa shape index (κ3) is 34.3. The monoisotopic (exact) mass is 204 g/mol. The third-order valence-corrected chi connectivity index (χ3v) is 0.951. The lowest BCUT2D eigenvalue weighted by atomic mass is 10.3. The molecule has 0 aliphatic rings. The Morgan fingerprint density at radius 1 is 1.38 bits per heavy atom. The lowest BCUT2D eigenvalue weighted by molar-refractivity contribution is 0.944. The maximum Gasteiger partial charge on any atom is 0.0408 e. The molecule has 78 valence electrons. The molecule has 0 saturated heterocycles. The largest absolute Gasteiger partial charge is 0.166 e. The summed E-state index contributed by atoms with van der Waals surface area (Å²) in [5, 5.41) is 0. The first-order valence-corrected chi connectivity index (χ1v) is 5.42. The van der Waals surface area contributed by atoms with Gasteiger partial charge >= 0.3 is 0 Å². The van der Waals surface area contributed by atoms with Crippen molar-refractivity contribution in [3.63, 3.8) is 0 Å². The van der Waals surface area contributed by atoms with Crippen molar-refractivity contribution in [2.24, 2.45) is 0 Å². The molecule has 2 heteroatoms. The van der Waals surface area contributed by atoms with Gasteiger partial charge in [0.1, 0.15) is 0 Å². The van der Waals surface area contributed by atoms with Crippen LogP contribution in [0.1, 0.15) is 27.7 Å². The van der Waals surface area contributed by atoms with Gasteiger partial charge in [0.25, 0.3) is 0 Å². The van der Waals surface area contributed by atoms with Crippen molar-refractivity contribution in [1.82, 2.24) is 0 Å². The fourth-order valence-corrected chi connectivity index (χ4v) is 0.316. The lowest BCUT2D eigenvalue weighted by Crippen LogP contribution is -1.60. The van der Waals surface area contributed by atoms with Crippen molar-refractivity contribution in [2.75, 3.05) is 6.26 Å². The van der Waals surface area contributed by atoms with E-state index in [2.05, 4.69) is 19.6 Å². The van der Waals surface area contributed by atoms with E-state index in [-0.39, 0.29) is 12.1 Å². The molecular formula is C11H21FS. The van der Waals surface area contributed by atoms with E-state index in [0.717, 1.165) is 0 Å². The number of rotatable bonds is 2. The number of halogens is 1. The molecule has 0 amide bonds. The van der Waals surface area contributed by atoms with Crippen LogP contribution in [0.3, 0.4) is 0 Å². The molecule has 0 nitrogen and oxygen atoms in total. The van der Waals surface area contributed by atoms with E-state index in [1.54, 1.807) is 6.08 Å². The molecule has 0 aliphatic heterocycles. The van der Waals surface area contributed by atoms with Gasteiger partial charge in [-0.15, -0.1) is 0 Å². The van der Waals surface area contributed by atoms with Crippen LogP contribution in [0, 0.1) is 0 Å². The summed E-state index contributed by atoms with van der Waals surface area (Å²) in [6.07, 6.45) is 9.15. The second-order valence-corrected chi connectivity index (χ2v) is 2.09. The molecule has 0 fully saturated rings. The predicted octanol–water partition coefficient (Wildman–Crippen LogP) is 4.95. The van der Waals surface area contributed by atoms with Gasteiger partial charge in [-0.2, -0.15) is 3.89 Å². The highest BCUT2D eigenvalue weighted by Gasteiger charge is 1.70. The van der Waals surface area contributed by atoms with Crippen molar-refractivity contribution in [2.45, 2.75) is 27.7 Å². The molecule has 0 rings (SSSR count). The SMILES string of the molecule is C=C/C=C\C(C)=C/C.CC.CSF. The van der Waals surface area contributed by atoms with Crippen LogP contribution in [-0.2, 0) is 0 Å². The minimum atomic E-state index is 0.250. The Balaban J connectivity index is -0.000000169. The second kappa shape index (κ2) is 22.5. The first-order valence-electron chi connectivity index (χ1n) is 4.29. The smallest absolute Gasteiger partial charge is 0.0408 e. The number of hydrogen-bond acceptors (Lipinski definition) is 1. The molecule has 0 saturated carbocycles. The first-order chi connectivity index (χ1) is 6.22. The van der Waals surface area contributed by atoms with Gasteiger partial charge < -0.3 is 0 Å². The molecular weight excluding hydrogens is 183 g/mol. The minimum Gasteiger partial charge on any atom is -0.166 e. The van der Waals surface area contributed by atoms with Crippen molar-refractivity contribution in [1.29, 1.82) is 0 Å². The highest BCUT2D eigenvalue weighted by Crippen LogP contribution is 1.92. The van der Waals surface area contributed by atoms with Crippen LogP contribution in [0.4, 0.5) is 3.89 Å². The molecule has 0 bridgehead atoms. The van der Waals surface area contributed by atoms with Crippen LogP contribution in [0.5, 0.6) is 0 Å². The fraction of sp³-hybridized carbons (Fsp3) is 0.455. The summed E-state index contributed by atoms with van der Waals surface area (Å²) in [7, 11) is 0. The van der Waals surface area contributed by atoms with Crippen molar-refractivity contribution in [3.05, 3.63) is 36.5 Å². The zero-order valence-electron chi connectivity index (χ0n) is 9.30. The van der Waals surface area contributed by atoms with E-state index in [0.29, 0.717) is 0 Å². The molecule has 0 N–H and O–H groups in total. The Morgan fingerprint density at radius 2 is 1.77 bits per heavy atom. The number of hydrogen-bond donors (Lipinski definition) is 0. The molecule has 0 atom stereocenters. The van der Waals surface area contributed by atoms with Crippen LogP contribution in [0.15, 0.2) is 36.5 Å². The molecule has 13 heavy (non-hydrogen) atoms. The van der Waals surface area contributed by atoms with E-state index < -0.39 is 0 Å². The average Bonchev–Trinajstić information content (AvgIpc) is 2.18. The first kappa shape index (κ1) is 18.3. The highest BCUT2D eigenvalue weighted by molar-refractivity contribution is 7.93. The van der Waals surface area contributed by atoms with E-state index in [4.69, 9.17) is 0 Å². The topological polar surface area (TPSA) is 0 Å². The Hall–Kier alpha value is -0.500. The summed E-state index contributed by atoms with van der Waals surface area (Å²) >= 11 is 0.250. The summed E-state index contributed by atoms with van der Waals surface area (Å²) in [4.78, 5) is 0. The predicted molar refractivity (Wildman–Crippen MR) is 64.7 cm³/mol. The molecule has 0 heterocycles. The molecule has 0 aromatic heterocycles. The number of allylic oxidation sites excluding steroid dienone is 5. The Labute approximate surface area is 86.9 Å². The summed E-state index contributed by atoms with van der Waals surface area (Å²) in [5.41, 5.74) is 1.27. The molecule has 0 aromatic rings. The lowest BCUT2D eigenvalue weighted by Gasteiger charge is -1.82. The molecule has 0 aliphatic carbocycles. The normalized spacial score (nSPS) is 9.54. The zero-order chi connectivity index (χ0) is 11.1. The Morgan fingerprint density at radius 3 is 2.00 bits per heavy atom. The van der Waals surface area contributed by atoms with E-state index >= 15 is 0 Å². The quantitative estimate of drug-likeness (QED) is 0.573. The zero-order valence-corrected chi connectivity index (χ0v) is 10.1. The second-order valence-electron chi connectivity index (χ2n) is 1.78. The van der Waals surface area contributed by atoms with Crippen molar-refractivity contribution < 1.29 is 3.89 Å². The van der Waals surface area contributed by atoms with Gasteiger partial charge in [-0.05, 0) is 13.8 Å². The van der Waals surface area contributed by atoms with Gasteiger partial charge in [-0.25, -0.2) is 0 Å². The molecule has 0 spiro atoms. The van der Waals surface area contributed by atoms with Crippen molar-refractivity contribution in [3.8, 4) is 0 Å². The van der Waals surface area contributed by atoms with E-state index in [1.807, 2.05) is 32.9 Å².